The Bertz CT molecular complexity index is 937. The fourth-order valence-electron chi connectivity index (χ4n) is 2.24. The number of hydrogen-bond acceptors (Lipinski definition) is 6. The van der Waals surface area contributed by atoms with Gasteiger partial charge in [0, 0.05) is 0 Å². The van der Waals surface area contributed by atoms with Gasteiger partial charge in [-0.1, -0.05) is 30.3 Å². The van der Waals surface area contributed by atoms with E-state index in [9.17, 15) is 4.79 Å². The monoisotopic (exact) mass is 371 g/mol. The van der Waals surface area contributed by atoms with Crippen molar-refractivity contribution in [2.75, 3.05) is 12.4 Å². The third kappa shape index (κ3) is 4.48. The normalized spacial score (nSPS) is 10.3. The van der Waals surface area contributed by atoms with Crippen molar-refractivity contribution in [3.8, 4) is 11.5 Å². The lowest BCUT2D eigenvalue weighted by molar-refractivity contribution is -0.117. The van der Waals surface area contributed by atoms with Crippen LogP contribution in [0.5, 0.6) is 11.5 Å². The molecular weight excluding hydrogens is 354 g/mol. The Morgan fingerprint density at radius 2 is 1.92 bits per heavy atom. The minimum Gasteiger partial charge on any atom is -0.495 e. The van der Waals surface area contributed by atoms with Crippen molar-refractivity contribution in [3.63, 3.8) is 0 Å². The Morgan fingerprint density at radius 3 is 2.69 bits per heavy atom. The van der Waals surface area contributed by atoms with Crippen molar-refractivity contribution in [2.24, 2.45) is 0 Å². The summed E-state index contributed by atoms with van der Waals surface area (Å²) < 4.78 is 17.4. The molecule has 0 aliphatic rings. The second-order valence-electron chi connectivity index (χ2n) is 5.27. The predicted octanol–water partition coefficient (Wildman–Crippen LogP) is 3.43. The molecule has 1 heterocycles. The van der Waals surface area contributed by atoms with Gasteiger partial charge in [-0.3, -0.25) is 4.79 Å². The molecule has 0 aliphatic carbocycles. The summed E-state index contributed by atoms with van der Waals surface area (Å²) in [7, 11) is 1.54. The molecular formula is C18H17N3O4S. The lowest BCUT2D eigenvalue weighted by Gasteiger charge is -2.09. The summed E-state index contributed by atoms with van der Waals surface area (Å²) in [4.78, 5) is 12.3. The molecule has 1 aromatic heterocycles. The van der Waals surface area contributed by atoms with E-state index < -0.39 is 0 Å². The summed E-state index contributed by atoms with van der Waals surface area (Å²) in [6.07, 6.45) is 0. The van der Waals surface area contributed by atoms with Gasteiger partial charge in [0.2, 0.25) is 5.91 Å². The van der Waals surface area contributed by atoms with Gasteiger partial charge in [0.25, 0.3) is 10.7 Å². The number of hydrogen-bond donors (Lipinski definition) is 1. The highest BCUT2D eigenvalue weighted by molar-refractivity contribution is 7.71. The average Bonchev–Trinajstić information content (AvgIpc) is 3.00. The van der Waals surface area contributed by atoms with Crippen molar-refractivity contribution < 1.29 is 18.7 Å². The van der Waals surface area contributed by atoms with E-state index in [-0.39, 0.29) is 23.9 Å². The zero-order chi connectivity index (χ0) is 18.4. The van der Waals surface area contributed by atoms with Gasteiger partial charge < -0.3 is 19.2 Å². The van der Waals surface area contributed by atoms with Gasteiger partial charge in [-0.15, -0.1) is 5.10 Å². The van der Waals surface area contributed by atoms with Crippen molar-refractivity contribution >= 4 is 23.8 Å². The first-order valence-corrected chi connectivity index (χ1v) is 8.24. The molecule has 26 heavy (non-hydrogen) atoms. The molecule has 0 unspecified atom stereocenters. The topological polar surface area (TPSA) is 78.5 Å². The minimum absolute atomic E-state index is 0.0777. The Balaban J connectivity index is 1.62. The highest BCUT2D eigenvalue weighted by atomic mass is 32.1. The highest BCUT2D eigenvalue weighted by Crippen LogP contribution is 2.22. The standard InChI is InChI=1S/C18H17N3O4S/c1-23-15-10-6-5-9-14(15)19-16(22)11-21-18(26)25-17(20-21)12-24-13-7-3-2-4-8-13/h2-10H,11-12H2,1H3,(H,19,22). The quantitative estimate of drug-likeness (QED) is 0.641. The van der Waals surface area contributed by atoms with E-state index in [2.05, 4.69) is 10.4 Å². The summed E-state index contributed by atoms with van der Waals surface area (Å²) in [5.74, 6) is 1.26. The molecule has 3 rings (SSSR count). The summed E-state index contributed by atoms with van der Waals surface area (Å²) >= 11 is 5.11. The zero-order valence-electron chi connectivity index (χ0n) is 14.0. The molecule has 134 valence electrons. The third-order valence-corrected chi connectivity index (χ3v) is 3.72. The molecule has 7 nitrogen and oxygen atoms in total. The minimum atomic E-state index is -0.297. The van der Waals surface area contributed by atoms with E-state index in [1.54, 1.807) is 18.2 Å². The van der Waals surface area contributed by atoms with Crippen LogP contribution in [0.2, 0.25) is 0 Å². The molecule has 0 spiro atoms. The summed E-state index contributed by atoms with van der Waals surface area (Å²) in [6.45, 7) is 0.0422. The summed E-state index contributed by atoms with van der Waals surface area (Å²) in [6, 6.07) is 16.4. The Hall–Kier alpha value is -3.13. The predicted molar refractivity (Wildman–Crippen MR) is 97.7 cm³/mol. The number of nitrogens with zero attached hydrogens (tertiary/aromatic N) is 2. The zero-order valence-corrected chi connectivity index (χ0v) is 14.9. The van der Waals surface area contributed by atoms with E-state index in [1.165, 1.54) is 11.8 Å². The van der Waals surface area contributed by atoms with E-state index in [4.69, 9.17) is 26.1 Å². The first-order valence-electron chi connectivity index (χ1n) is 7.83. The first kappa shape index (κ1) is 17.7. The lowest BCUT2D eigenvalue weighted by atomic mass is 10.3. The maximum Gasteiger partial charge on any atom is 0.287 e. The number of aromatic nitrogens is 2. The maximum absolute atomic E-state index is 12.2. The van der Waals surface area contributed by atoms with Gasteiger partial charge in [-0.2, -0.15) is 0 Å². The molecule has 0 fully saturated rings. The lowest BCUT2D eigenvalue weighted by Crippen LogP contribution is -2.20. The van der Waals surface area contributed by atoms with E-state index in [0.29, 0.717) is 23.1 Å². The van der Waals surface area contributed by atoms with Gasteiger partial charge in [-0.25, -0.2) is 4.68 Å². The van der Waals surface area contributed by atoms with E-state index in [1.807, 2.05) is 36.4 Å². The SMILES string of the molecule is COc1ccccc1NC(=O)Cn1nc(COc2ccccc2)oc1=S. The third-order valence-electron chi connectivity index (χ3n) is 3.43. The van der Waals surface area contributed by atoms with Crippen molar-refractivity contribution in [1.82, 2.24) is 9.78 Å². The van der Waals surface area contributed by atoms with Crippen LogP contribution in [0.3, 0.4) is 0 Å². The number of para-hydroxylation sites is 3. The number of amides is 1. The Kier molecular flexibility index (Phi) is 5.65. The molecule has 0 atom stereocenters. The molecule has 1 amide bonds. The highest BCUT2D eigenvalue weighted by Gasteiger charge is 2.12. The van der Waals surface area contributed by atoms with Gasteiger partial charge >= 0.3 is 0 Å². The van der Waals surface area contributed by atoms with Gasteiger partial charge in [-0.05, 0) is 36.5 Å². The fraction of sp³-hybridized carbons (Fsp3) is 0.167. The number of anilines is 1. The van der Waals surface area contributed by atoms with Gasteiger partial charge in [0.1, 0.15) is 18.0 Å². The molecule has 0 aliphatic heterocycles. The van der Waals surface area contributed by atoms with E-state index in [0.717, 1.165) is 0 Å². The molecule has 0 saturated carbocycles. The second kappa shape index (κ2) is 8.30. The molecule has 0 saturated heterocycles. The smallest absolute Gasteiger partial charge is 0.287 e. The van der Waals surface area contributed by atoms with Crippen LogP contribution in [0.15, 0.2) is 59.0 Å². The van der Waals surface area contributed by atoms with Crippen LogP contribution >= 0.6 is 12.2 Å². The number of methoxy groups -OCH3 is 1. The van der Waals surface area contributed by atoms with Crippen LogP contribution in [0, 0.1) is 4.84 Å². The Morgan fingerprint density at radius 1 is 1.19 bits per heavy atom. The molecule has 8 heteroatoms. The van der Waals surface area contributed by atoms with Crippen LogP contribution in [-0.4, -0.2) is 22.8 Å². The number of rotatable bonds is 7. The largest absolute Gasteiger partial charge is 0.495 e. The number of nitrogens with one attached hydrogen (secondary N) is 1. The van der Waals surface area contributed by atoms with Crippen LogP contribution in [0.25, 0.3) is 0 Å². The van der Waals surface area contributed by atoms with Crippen LogP contribution in [-0.2, 0) is 17.9 Å². The number of ether oxygens (including phenoxy) is 2. The van der Waals surface area contributed by atoms with Gasteiger partial charge in [0.15, 0.2) is 6.61 Å². The second-order valence-corrected chi connectivity index (χ2v) is 5.62. The maximum atomic E-state index is 12.2. The summed E-state index contributed by atoms with van der Waals surface area (Å²) in [5.41, 5.74) is 0.572. The van der Waals surface area contributed by atoms with Crippen LogP contribution in [0.4, 0.5) is 5.69 Å². The fourth-order valence-corrected chi connectivity index (χ4v) is 2.44. The molecule has 0 bridgehead atoms. The number of carbonyl (C=O) groups is 1. The molecule has 0 radical (unpaired) electrons. The van der Waals surface area contributed by atoms with Crippen molar-refractivity contribution in [1.29, 1.82) is 0 Å². The first-order chi connectivity index (χ1) is 12.7. The molecule has 1 N–H and O–H groups in total. The average molecular weight is 371 g/mol. The van der Waals surface area contributed by atoms with Crippen molar-refractivity contribution in [2.45, 2.75) is 13.2 Å². The summed E-state index contributed by atoms with van der Waals surface area (Å²) in [5, 5.41) is 6.94. The van der Waals surface area contributed by atoms with Crippen molar-refractivity contribution in [3.05, 3.63) is 65.3 Å². The molecule has 2 aromatic carbocycles. The number of carbonyl (C=O) groups excluding carboxylic acids is 1. The van der Waals surface area contributed by atoms with E-state index >= 15 is 0 Å². The van der Waals surface area contributed by atoms with Gasteiger partial charge in [0.05, 0.1) is 12.8 Å². The van der Waals surface area contributed by atoms with Crippen LogP contribution in [0.1, 0.15) is 5.89 Å². The molecule has 3 aromatic rings. The number of benzene rings is 2. The Labute approximate surface area is 155 Å². The van der Waals surface area contributed by atoms with Crippen LogP contribution < -0.4 is 14.8 Å².